The zero-order valence-corrected chi connectivity index (χ0v) is 12.8. The van der Waals surface area contributed by atoms with Crippen LogP contribution in [0, 0.1) is 16.4 Å². The van der Waals surface area contributed by atoms with Crippen molar-refractivity contribution >= 4 is 28.1 Å². The largest absolute Gasteiger partial charge is 0.264 e. The number of aromatic amines is 1. The maximum absolute atomic E-state index is 14.2. The smallest absolute Gasteiger partial charge is 0.200 e. The Kier molecular flexibility index (Phi) is 3.64. The average molecular weight is 369 g/mol. The van der Waals surface area contributed by atoms with Crippen molar-refractivity contribution < 1.29 is 8.78 Å². The van der Waals surface area contributed by atoms with Gasteiger partial charge in [-0.25, -0.2) is 8.78 Å². The van der Waals surface area contributed by atoms with Gasteiger partial charge in [-0.1, -0.05) is 15.9 Å². The second kappa shape index (κ2) is 5.45. The Labute approximate surface area is 131 Å². The van der Waals surface area contributed by atoms with Crippen LogP contribution in [0.2, 0.25) is 0 Å². The van der Waals surface area contributed by atoms with Crippen molar-refractivity contribution in [3.63, 3.8) is 0 Å². The van der Waals surface area contributed by atoms with Crippen LogP contribution in [0.25, 0.3) is 17.1 Å². The van der Waals surface area contributed by atoms with Crippen LogP contribution >= 0.6 is 28.1 Å². The Morgan fingerprint density at radius 1 is 1.24 bits per heavy atom. The summed E-state index contributed by atoms with van der Waals surface area (Å²) in [6.07, 6.45) is 3.13. The van der Waals surface area contributed by atoms with Crippen molar-refractivity contribution in [2.45, 2.75) is 0 Å². The highest BCUT2D eigenvalue weighted by Crippen LogP contribution is 2.27. The molecule has 1 aromatic carbocycles. The molecule has 4 nitrogen and oxygen atoms in total. The summed E-state index contributed by atoms with van der Waals surface area (Å²) in [5.74, 6) is -1.21. The molecule has 0 spiro atoms. The molecule has 106 valence electrons. The molecule has 3 aromatic rings. The Hall–Kier alpha value is -1.93. The van der Waals surface area contributed by atoms with Crippen LogP contribution in [-0.2, 0) is 0 Å². The van der Waals surface area contributed by atoms with Crippen molar-refractivity contribution in [1.82, 2.24) is 19.7 Å². The molecule has 0 fully saturated rings. The molecule has 1 N–H and O–H groups in total. The molecule has 3 rings (SSSR count). The van der Waals surface area contributed by atoms with Crippen LogP contribution in [0.5, 0.6) is 0 Å². The van der Waals surface area contributed by atoms with Crippen molar-refractivity contribution in [2.75, 3.05) is 0 Å². The number of hydrogen-bond acceptors (Lipinski definition) is 3. The number of nitrogens with one attached hydrogen (secondary N) is 1. The fourth-order valence-corrected chi connectivity index (χ4v) is 2.57. The van der Waals surface area contributed by atoms with E-state index in [2.05, 4.69) is 31.1 Å². The second-order valence-corrected chi connectivity index (χ2v) is 5.45. The zero-order valence-electron chi connectivity index (χ0n) is 10.3. The molecule has 0 unspecified atom stereocenters. The number of H-pyrrole nitrogens is 1. The van der Waals surface area contributed by atoms with Crippen LogP contribution < -0.4 is 0 Å². The van der Waals surface area contributed by atoms with E-state index in [1.54, 1.807) is 18.3 Å². The van der Waals surface area contributed by atoms with Gasteiger partial charge in [-0.3, -0.25) is 14.6 Å². The SMILES string of the molecule is Fc1cc(Br)cc(F)c1-n1c(-c2cccnc2)n[nH]c1=S. The van der Waals surface area contributed by atoms with E-state index in [4.69, 9.17) is 12.2 Å². The van der Waals surface area contributed by atoms with Crippen molar-refractivity contribution in [3.8, 4) is 17.1 Å². The van der Waals surface area contributed by atoms with Crippen LogP contribution in [0.1, 0.15) is 0 Å². The maximum Gasteiger partial charge on any atom is 0.200 e. The molecular weight excluding hydrogens is 362 g/mol. The number of rotatable bonds is 2. The highest BCUT2D eigenvalue weighted by Gasteiger charge is 2.18. The van der Waals surface area contributed by atoms with Gasteiger partial charge in [0, 0.05) is 22.4 Å². The standard InChI is InChI=1S/C13H7BrF2N4S/c14-8-4-9(15)11(10(16)5-8)20-12(18-19-13(20)21)7-2-1-3-17-6-7/h1-6H,(H,19,21). The predicted molar refractivity (Wildman–Crippen MR) is 79.6 cm³/mol. The van der Waals surface area contributed by atoms with E-state index in [0.29, 0.717) is 10.0 Å². The van der Waals surface area contributed by atoms with E-state index in [-0.39, 0.29) is 16.3 Å². The molecule has 0 aliphatic heterocycles. The van der Waals surface area contributed by atoms with Gasteiger partial charge in [0.05, 0.1) is 0 Å². The fraction of sp³-hybridized carbons (Fsp3) is 0. The first-order chi connectivity index (χ1) is 10.1. The lowest BCUT2D eigenvalue weighted by Crippen LogP contribution is -2.04. The summed E-state index contributed by atoms with van der Waals surface area (Å²) in [6, 6.07) is 5.76. The van der Waals surface area contributed by atoms with Gasteiger partial charge in [-0.2, -0.15) is 5.10 Å². The summed E-state index contributed by atoms with van der Waals surface area (Å²) in [5, 5.41) is 6.57. The fourth-order valence-electron chi connectivity index (χ4n) is 1.94. The Morgan fingerprint density at radius 3 is 2.57 bits per heavy atom. The highest BCUT2D eigenvalue weighted by atomic mass is 79.9. The lowest BCUT2D eigenvalue weighted by Gasteiger charge is -2.09. The minimum absolute atomic E-state index is 0.0916. The van der Waals surface area contributed by atoms with E-state index in [0.717, 1.165) is 0 Å². The molecule has 0 saturated carbocycles. The first-order valence-electron chi connectivity index (χ1n) is 5.80. The van der Waals surface area contributed by atoms with Crippen LogP contribution in [0.3, 0.4) is 0 Å². The molecule has 0 aliphatic carbocycles. The average Bonchev–Trinajstić information content (AvgIpc) is 2.81. The molecule has 0 atom stereocenters. The highest BCUT2D eigenvalue weighted by molar-refractivity contribution is 9.10. The summed E-state index contributed by atoms with van der Waals surface area (Å²) in [4.78, 5) is 3.97. The number of benzene rings is 1. The monoisotopic (exact) mass is 368 g/mol. The van der Waals surface area contributed by atoms with E-state index < -0.39 is 11.6 Å². The molecule has 21 heavy (non-hydrogen) atoms. The minimum Gasteiger partial charge on any atom is -0.264 e. The topological polar surface area (TPSA) is 46.5 Å². The number of aromatic nitrogens is 4. The predicted octanol–water partition coefficient (Wildman–Crippen LogP) is 4.03. The normalized spacial score (nSPS) is 10.8. The van der Waals surface area contributed by atoms with Crippen molar-refractivity contribution in [1.29, 1.82) is 0 Å². The van der Waals surface area contributed by atoms with Crippen LogP contribution in [0.15, 0.2) is 41.1 Å². The van der Waals surface area contributed by atoms with Gasteiger partial charge in [-0.05, 0) is 36.5 Å². The first kappa shape index (κ1) is 14.0. The Morgan fingerprint density at radius 2 is 1.95 bits per heavy atom. The van der Waals surface area contributed by atoms with E-state index in [9.17, 15) is 8.78 Å². The molecule has 8 heteroatoms. The minimum atomic E-state index is -0.746. The lowest BCUT2D eigenvalue weighted by atomic mass is 10.2. The molecule has 0 radical (unpaired) electrons. The van der Waals surface area contributed by atoms with Gasteiger partial charge < -0.3 is 0 Å². The summed E-state index contributed by atoms with van der Waals surface area (Å²) >= 11 is 8.13. The summed E-state index contributed by atoms with van der Waals surface area (Å²) in [7, 11) is 0. The third kappa shape index (κ3) is 2.52. The summed E-state index contributed by atoms with van der Waals surface area (Å²) in [6.45, 7) is 0. The first-order valence-corrected chi connectivity index (χ1v) is 7.01. The Balaban J connectivity index is 2.30. The molecule has 0 amide bonds. The molecular formula is C13H7BrF2N4S. The van der Waals surface area contributed by atoms with Gasteiger partial charge in [0.15, 0.2) is 22.2 Å². The zero-order chi connectivity index (χ0) is 15.0. The van der Waals surface area contributed by atoms with E-state index in [1.165, 1.54) is 22.9 Å². The number of nitrogens with zero attached hydrogens (tertiary/aromatic N) is 3. The third-order valence-corrected chi connectivity index (χ3v) is 3.53. The maximum atomic E-state index is 14.2. The lowest BCUT2D eigenvalue weighted by molar-refractivity contribution is 0.567. The van der Waals surface area contributed by atoms with Gasteiger partial charge in [0.1, 0.15) is 5.69 Å². The number of pyridine rings is 1. The number of halogens is 3. The van der Waals surface area contributed by atoms with Crippen LogP contribution in [0.4, 0.5) is 8.78 Å². The Bertz CT molecular complexity index is 837. The van der Waals surface area contributed by atoms with Crippen molar-refractivity contribution in [2.24, 2.45) is 0 Å². The third-order valence-electron chi connectivity index (χ3n) is 2.80. The van der Waals surface area contributed by atoms with Gasteiger partial charge >= 0.3 is 0 Å². The molecule has 0 saturated heterocycles. The van der Waals surface area contributed by atoms with E-state index >= 15 is 0 Å². The van der Waals surface area contributed by atoms with Gasteiger partial charge in [0.2, 0.25) is 0 Å². The van der Waals surface area contributed by atoms with Crippen LogP contribution in [-0.4, -0.2) is 19.7 Å². The van der Waals surface area contributed by atoms with Crippen molar-refractivity contribution in [3.05, 3.63) is 57.5 Å². The summed E-state index contributed by atoms with van der Waals surface area (Å²) < 4.78 is 29.9. The molecule has 0 aliphatic rings. The quantitative estimate of drug-likeness (QED) is 0.694. The number of hydrogen-bond donors (Lipinski definition) is 1. The molecule has 2 aromatic heterocycles. The van der Waals surface area contributed by atoms with E-state index in [1.807, 2.05) is 0 Å². The molecule has 2 heterocycles. The second-order valence-electron chi connectivity index (χ2n) is 4.15. The van der Waals surface area contributed by atoms with Gasteiger partial charge in [-0.15, -0.1) is 0 Å². The molecule has 0 bridgehead atoms. The summed E-state index contributed by atoms with van der Waals surface area (Å²) in [5.41, 5.74) is 0.308. The van der Waals surface area contributed by atoms with Gasteiger partial charge in [0.25, 0.3) is 0 Å².